The van der Waals surface area contributed by atoms with Crippen molar-refractivity contribution in [3.8, 4) is 5.75 Å². The van der Waals surface area contributed by atoms with Gasteiger partial charge >= 0.3 is 0 Å². The number of thioether (sulfide) groups is 1. The van der Waals surface area contributed by atoms with Crippen LogP contribution in [0.15, 0.2) is 47.4 Å². The zero-order valence-corrected chi connectivity index (χ0v) is 16.5. The first-order chi connectivity index (χ1) is 13.2. The SMILES string of the molecule is O=C(NC1CCSc2ccc(Cl)cc21)c1ccccc1OCC1CCCO1. The van der Waals surface area contributed by atoms with Crippen LogP contribution in [0.25, 0.3) is 0 Å². The van der Waals surface area contributed by atoms with Crippen LogP contribution in [0.3, 0.4) is 0 Å². The zero-order chi connectivity index (χ0) is 18.6. The predicted molar refractivity (Wildman–Crippen MR) is 108 cm³/mol. The number of fused-ring (bicyclic) bond motifs is 1. The van der Waals surface area contributed by atoms with Gasteiger partial charge in [-0.2, -0.15) is 0 Å². The molecule has 0 saturated carbocycles. The minimum Gasteiger partial charge on any atom is -0.490 e. The average molecular weight is 404 g/mol. The number of ether oxygens (including phenoxy) is 2. The number of amides is 1. The van der Waals surface area contributed by atoms with Gasteiger partial charge in [-0.15, -0.1) is 11.8 Å². The highest BCUT2D eigenvalue weighted by atomic mass is 35.5. The highest BCUT2D eigenvalue weighted by Gasteiger charge is 2.24. The first-order valence-electron chi connectivity index (χ1n) is 9.27. The van der Waals surface area contributed by atoms with E-state index in [0.29, 0.717) is 22.9 Å². The van der Waals surface area contributed by atoms with E-state index in [-0.39, 0.29) is 18.1 Å². The summed E-state index contributed by atoms with van der Waals surface area (Å²) in [5.74, 6) is 1.44. The van der Waals surface area contributed by atoms with Gasteiger partial charge in [-0.1, -0.05) is 23.7 Å². The molecule has 2 unspecified atom stereocenters. The van der Waals surface area contributed by atoms with Crippen molar-refractivity contribution in [3.05, 3.63) is 58.6 Å². The van der Waals surface area contributed by atoms with Gasteiger partial charge in [0.05, 0.1) is 17.7 Å². The zero-order valence-electron chi connectivity index (χ0n) is 14.9. The summed E-state index contributed by atoms with van der Waals surface area (Å²) in [6.07, 6.45) is 3.07. The molecule has 1 saturated heterocycles. The van der Waals surface area contributed by atoms with Gasteiger partial charge in [0.2, 0.25) is 0 Å². The molecule has 2 aliphatic heterocycles. The van der Waals surface area contributed by atoms with E-state index in [2.05, 4.69) is 5.32 Å². The lowest BCUT2D eigenvalue weighted by atomic mass is 10.0. The van der Waals surface area contributed by atoms with Crippen molar-refractivity contribution in [2.45, 2.75) is 36.3 Å². The Labute approximate surface area is 168 Å². The molecular formula is C21H22ClNO3S. The highest BCUT2D eigenvalue weighted by molar-refractivity contribution is 7.99. The van der Waals surface area contributed by atoms with Crippen LogP contribution in [0.2, 0.25) is 5.02 Å². The average Bonchev–Trinajstić information content (AvgIpc) is 3.21. The lowest BCUT2D eigenvalue weighted by Crippen LogP contribution is -2.31. The van der Waals surface area contributed by atoms with Crippen molar-refractivity contribution in [1.29, 1.82) is 0 Å². The van der Waals surface area contributed by atoms with Crippen LogP contribution in [0.5, 0.6) is 5.75 Å². The Morgan fingerprint density at radius 3 is 3.00 bits per heavy atom. The Balaban J connectivity index is 1.48. The molecule has 27 heavy (non-hydrogen) atoms. The number of hydrogen-bond acceptors (Lipinski definition) is 4. The monoisotopic (exact) mass is 403 g/mol. The van der Waals surface area contributed by atoms with Crippen LogP contribution in [-0.2, 0) is 4.74 Å². The second-order valence-electron chi connectivity index (χ2n) is 6.79. The predicted octanol–water partition coefficient (Wildman–Crippen LogP) is 4.86. The van der Waals surface area contributed by atoms with Crippen LogP contribution in [0.1, 0.15) is 41.2 Å². The number of rotatable bonds is 5. The number of carbonyl (C=O) groups excluding carboxylic acids is 1. The second kappa shape index (κ2) is 8.55. The first kappa shape index (κ1) is 18.7. The molecule has 4 rings (SSSR count). The van der Waals surface area contributed by atoms with Crippen LogP contribution >= 0.6 is 23.4 Å². The van der Waals surface area contributed by atoms with Gasteiger partial charge < -0.3 is 14.8 Å². The van der Waals surface area contributed by atoms with E-state index in [4.69, 9.17) is 21.1 Å². The minimum absolute atomic E-state index is 0.0429. The molecule has 1 N–H and O–H groups in total. The Bertz CT molecular complexity index is 823. The van der Waals surface area contributed by atoms with Crippen molar-refractivity contribution in [2.75, 3.05) is 19.0 Å². The summed E-state index contributed by atoms with van der Waals surface area (Å²) in [6.45, 7) is 1.26. The Kier molecular flexibility index (Phi) is 5.91. The molecule has 0 aliphatic carbocycles. The molecule has 0 aromatic heterocycles. The van der Waals surface area contributed by atoms with E-state index in [1.807, 2.05) is 36.4 Å². The normalized spacial score (nSPS) is 21.5. The van der Waals surface area contributed by atoms with E-state index in [1.165, 1.54) is 4.90 Å². The van der Waals surface area contributed by atoms with E-state index in [0.717, 1.165) is 37.2 Å². The molecule has 2 aliphatic rings. The molecular weight excluding hydrogens is 382 g/mol. The summed E-state index contributed by atoms with van der Waals surface area (Å²) in [7, 11) is 0. The fourth-order valence-electron chi connectivity index (χ4n) is 3.49. The van der Waals surface area contributed by atoms with Crippen LogP contribution < -0.4 is 10.1 Å². The number of nitrogens with one attached hydrogen (secondary N) is 1. The van der Waals surface area contributed by atoms with Gasteiger partial charge in [0, 0.05) is 22.3 Å². The fraction of sp³-hybridized carbons (Fsp3) is 0.381. The standard InChI is InChI=1S/C21H22ClNO3S/c22-14-7-8-20-17(12-14)18(9-11-27-20)23-21(24)16-5-1-2-6-19(16)26-13-15-4-3-10-25-15/h1-2,5-8,12,15,18H,3-4,9-11,13H2,(H,23,24). The Hall–Kier alpha value is -1.69. The third-order valence-corrected chi connectivity index (χ3v) is 6.25. The van der Waals surface area contributed by atoms with Crippen LogP contribution in [-0.4, -0.2) is 31.0 Å². The fourth-order valence-corrected chi connectivity index (χ4v) is 4.78. The molecule has 2 aromatic rings. The number of carbonyl (C=O) groups is 1. The largest absolute Gasteiger partial charge is 0.490 e. The number of para-hydroxylation sites is 1. The van der Waals surface area contributed by atoms with E-state index in [1.54, 1.807) is 17.8 Å². The van der Waals surface area contributed by atoms with Crippen molar-refractivity contribution in [1.82, 2.24) is 5.32 Å². The van der Waals surface area contributed by atoms with Crippen molar-refractivity contribution in [2.24, 2.45) is 0 Å². The minimum atomic E-state index is -0.124. The summed E-state index contributed by atoms with van der Waals surface area (Å²) in [6, 6.07) is 13.2. The number of benzene rings is 2. The first-order valence-corrected chi connectivity index (χ1v) is 10.6. The van der Waals surface area contributed by atoms with Gasteiger partial charge in [0.1, 0.15) is 12.4 Å². The van der Waals surface area contributed by atoms with Gasteiger partial charge in [-0.05, 0) is 55.2 Å². The molecule has 1 fully saturated rings. The van der Waals surface area contributed by atoms with Gasteiger partial charge in [0.25, 0.3) is 5.91 Å². The highest BCUT2D eigenvalue weighted by Crippen LogP contribution is 2.37. The lowest BCUT2D eigenvalue weighted by molar-refractivity contribution is 0.0670. The van der Waals surface area contributed by atoms with Crippen molar-refractivity contribution >= 4 is 29.3 Å². The Morgan fingerprint density at radius 1 is 1.26 bits per heavy atom. The van der Waals surface area contributed by atoms with Gasteiger partial charge in [-0.3, -0.25) is 4.79 Å². The lowest BCUT2D eigenvalue weighted by Gasteiger charge is -2.26. The molecule has 0 spiro atoms. The summed E-state index contributed by atoms with van der Waals surface area (Å²) in [5, 5.41) is 3.86. The molecule has 142 valence electrons. The van der Waals surface area contributed by atoms with Gasteiger partial charge in [-0.25, -0.2) is 0 Å². The number of halogens is 1. The maximum Gasteiger partial charge on any atom is 0.255 e. The molecule has 2 atom stereocenters. The third kappa shape index (κ3) is 4.42. The number of hydrogen-bond donors (Lipinski definition) is 1. The Morgan fingerprint density at radius 2 is 2.15 bits per heavy atom. The molecule has 2 heterocycles. The summed E-state index contributed by atoms with van der Waals surface area (Å²) in [5.41, 5.74) is 1.64. The van der Waals surface area contributed by atoms with Gasteiger partial charge in [0.15, 0.2) is 0 Å². The molecule has 1 amide bonds. The van der Waals surface area contributed by atoms with Crippen molar-refractivity contribution in [3.63, 3.8) is 0 Å². The smallest absolute Gasteiger partial charge is 0.255 e. The van der Waals surface area contributed by atoms with E-state index in [9.17, 15) is 4.79 Å². The molecule has 6 heteroatoms. The summed E-state index contributed by atoms with van der Waals surface area (Å²) < 4.78 is 11.5. The maximum atomic E-state index is 13.0. The molecule has 0 radical (unpaired) electrons. The van der Waals surface area contributed by atoms with Crippen molar-refractivity contribution < 1.29 is 14.3 Å². The molecule has 4 nitrogen and oxygen atoms in total. The second-order valence-corrected chi connectivity index (χ2v) is 8.36. The summed E-state index contributed by atoms with van der Waals surface area (Å²) >= 11 is 7.97. The van der Waals surface area contributed by atoms with Crippen LogP contribution in [0.4, 0.5) is 0 Å². The quantitative estimate of drug-likeness (QED) is 0.774. The van der Waals surface area contributed by atoms with E-state index >= 15 is 0 Å². The molecule has 2 aromatic carbocycles. The third-order valence-electron chi connectivity index (χ3n) is 4.90. The maximum absolute atomic E-state index is 13.0. The van der Waals surface area contributed by atoms with Crippen LogP contribution in [0, 0.1) is 0 Å². The topological polar surface area (TPSA) is 47.6 Å². The summed E-state index contributed by atoms with van der Waals surface area (Å²) in [4.78, 5) is 14.1. The van der Waals surface area contributed by atoms with E-state index < -0.39 is 0 Å². The molecule has 0 bridgehead atoms.